The smallest absolute Gasteiger partial charge is 0.246 e. The summed E-state index contributed by atoms with van der Waals surface area (Å²) in [6.45, 7) is 4.58. The van der Waals surface area contributed by atoms with E-state index in [9.17, 15) is 9.59 Å². The highest BCUT2D eigenvalue weighted by Gasteiger charge is 2.26. The van der Waals surface area contributed by atoms with E-state index in [1.165, 1.54) is 0 Å². The molecule has 1 N–H and O–H groups in total. The van der Waals surface area contributed by atoms with E-state index in [1.54, 1.807) is 6.92 Å². The van der Waals surface area contributed by atoms with Gasteiger partial charge in [0.15, 0.2) is 5.82 Å². The first-order valence-corrected chi connectivity index (χ1v) is 8.57. The summed E-state index contributed by atoms with van der Waals surface area (Å²) >= 11 is 0. The first-order valence-electron chi connectivity index (χ1n) is 8.57. The molecule has 2 aliphatic rings. The highest BCUT2D eigenvalue weighted by atomic mass is 16.5. The molecule has 0 saturated carbocycles. The Kier molecular flexibility index (Phi) is 5.44. The van der Waals surface area contributed by atoms with Crippen molar-refractivity contribution in [1.82, 2.24) is 20.4 Å². The maximum Gasteiger partial charge on any atom is 0.246 e. The van der Waals surface area contributed by atoms with Crippen molar-refractivity contribution in [2.75, 3.05) is 26.3 Å². The average molecular weight is 336 g/mol. The fraction of sp³-hybridized carbons (Fsp3) is 0.750. The molecule has 2 saturated heterocycles. The fourth-order valence-electron chi connectivity index (χ4n) is 3.23. The van der Waals surface area contributed by atoms with E-state index < -0.39 is 0 Å². The van der Waals surface area contributed by atoms with Crippen LogP contribution in [-0.4, -0.2) is 53.2 Å². The summed E-state index contributed by atoms with van der Waals surface area (Å²) in [7, 11) is 0. The highest BCUT2D eigenvalue weighted by Crippen LogP contribution is 2.25. The van der Waals surface area contributed by atoms with Gasteiger partial charge in [0.05, 0.1) is 6.54 Å². The molecule has 24 heavy (non-hydrogen) atoms. The van der Waals surface area contributed by atoms with E-state index in [-0.39, 0.29) is 30.2 Å². The van der Waals surface area contributed by atoms with E-state index in [0.717, 1.165) is 38.8 Å². The monoisotopic (exact) mass is 336 g/mol. The molecule has 3 rings (SSSR count). The van der Waals surface area contributed by atoms with Crippen LogP contribution in [0.15, 0.2) is 4.52 Å². The molecule has 2 fully saturated rings. The van der Waals surface area contributed by atoms with Gasteiger partial charge in [0.25, 0.3) is 0 Å². The zero-order valence-corrected chi connectivity index (χ0v) is 14.0. The topological polar surface area (TPSA) is 97.6 Å². The van der Waals surface area contributed by atoms with Gasteiger partial charge in [-0.05, 0) is 25.7 Å². The molecule has 1 aromatic rings. The standard InChI is InChI=1S/C16H24N4O4/c1-11(21)20-6-2-12(3-7-20)15-18-14(24-19-15)10-17-16(22)13-4-8-23-9-5-13/h12-13H,2-10H2,1H3,(H,17,22). The molecule has 132 valence electrons. The van der Waals surface area contributed by atoms with Crippen LogP contribution in [0.1, 0.15) is 50.2 Å². The number of piperidine rings is 1. The van der Waals surface area contributed by atoms with E-state index in [2.05, 4.69) is 15.5 Å². The van der Waals surface area contributed by atoms with Crippen molar-refractivity contribution in [2.24, 2.45) is 5.92 Å². The molecule has 8 nitrogen and oxygen atoms in total. The van der Waals surface area contributed by atoms with Gasteiger partial charge in [0.1, 0.15) is 0 Å². The molecule has 3 heterocycles. The van der Waals surface area contributed by atoms with Crippen LogP contribution in [0.3, 0.4) is 0 Å². The number of hydrogen-bond donors (Lipinski definition) is 1. The second-order valence-corrected chi connectivity index (χ2v) is 6.43. The minimum atomic E-state index is 0.0112. The van der Waals surface area contributed by atoms with Crippen molar-refractivity contribution in [3.63, 3.8) is 0 Å². The molecule has 0 radical (unpaired) electrons. The Morgan fingerprint density at radius 1 is 1.21 bits per heavy atom. The number of aromatic nitrogens is 2. The number of hydrogen-bond acceptors (Lipinski definition) is 6. The van der Waals surface area contributed by atoms with Gasteiger partial charge in [-0.1, -0.05) is 5.16 Å². The largest absolute Gasteiger partial charge is 0.381 e. The van der Waals surface area contributed by atoms with Crippen LogP contribution >= 0.6 is 0 Å². The summed E-state index contributed by atoms with van der Waals surface area (Å²) in [6.07, 6.45) is 3.20. The van der Waals surface area contributed by atoms with Gasteiger partial charge in [-0.25, -0.2) is 0 Å². The molecule has 2 aliphatic heterocycles. The van der Waals surface area contributed by atoms with Gasteiger partial charge in [-0.2, -0.15) is 4.98 Å². The first kappa shape index (κ1) is 16.9. The van der Waals surface area contributed by atoms with Crippen LogP contribution in [-0.2, 0) is 20.9 Å². The molecule has 0 bridgehead atoms. The molecule has 0 aliphatic carbocycles. The molecule has 2 amide bonds. The van der Waals surface area contributed by atoms with Gasteiger partial charge >= 0.3 is 0 Å². The molecule has 0 atom stereocenters. The third-order valence-electron chi connectivity index (χ3n) is 4.80. The Morgan fingerprint density at radius 3 is 2.58 bits per heavy atom. The molecule has 8 heteroatoms. The van der Waals surface area contributed by atoms with Crippen molar-refractivity contribution < 1.29 is 18.8 Å². The summed E-state index contributed by atoms with van der Waals surface area (Å²) in [5, 5.41) is 6.90. The maximum atomic E-state index is 12.1. The van der Waals surface area contributed by atoms with E-state index in [1.807, 2.05) is 4.90 Å². The second kappa shape index (κ2) is 7.74. The number of nitrogens with zero attached hydrogens (tertiary/aromatic N) is 3. The van der Waals surface area contributed by atoms with Crippen LogP contribution in [0.25, 0.3) is 0 Å². The Labute approximate surface area is 140 Å². The second-order valence-electron chi connectivity index (χ2n) is 6.43. The van der Waals surface area contributed by atoms with Crippen molar-refractivity contribution in [2.45, 2.75) is 45.1 Å². The van der Waals surface area contributed by atoms with Crippen molar-refractivity contribution in [3.8, 4) is 0 Å². The molecule has 0 spiro atoms. The summed E-state index contributed by atoms with van der Waals surface area (Å²) in [4.78, 5) is 29.7. The van der Waals surface area contributed by atoms with E-state index >= 15 is 0 Å². The van der Waals surface area contributed by atoms with E-state index in [4.69, 9.17) is 9.26 Å². The van der Waals surface area contributed by atoms with Crippen LogP contribution in [0.4, 0.5) is 0 Å². The molecule has 1 aromatic heterocycles. The van der Waals surface area contributed by atoms with Crippen LogP contribution in [0.2, 0.25) is 0 Å². The lowest BCUT2D eigenvalue weighted by molar-refractivity contribution is -0.130. The molecule has 0 aromatic carbocycles. The lowest BCUT2D eigenvalue weighted by Crippen LogP contribution is -2.36. The summed E-state index contributed by atoms with van der Waals surface area (Å²) in [5.74, 6) is 1.46. The van der Waals surface area contributed by atoms with Gasteiger partial charge in [0, 0.05) is 45.1 Å². The zero-order valence-electron chi connectivity index (χ0n) is 14.0. The number of carbonyl (C=O) groups excluding carboxylic acids is 2. The fourth-order valence-corrected chi connectivity index (χ4v) is 3.23. The van der Waals surface area contributed by atoms with Crippen LogP contribution in [0.5, 0.6) is 0 Å². The van der Waals surface area contributed by atoms with Crippen molar-refractivity contribution in [3.05, 3.63) is 11.7 Å². The zero-order chi connectivity index (χ0) is 16.9. The lowest BCUT2D eigenvalue weighted by atomic mass is 9.96. The number of ether oxygens (including phenoxy) is 1. The summed E-state index contributed by atoms with van der Waals surface area (Å²) < 4.78 is 10.5. The SMILES string of the molecule is CC(=O)N1CCC(c2noc(CNC(=O)C3CCOCC3)n2)CC1. The van der Waals surface area contributed by atoms with Gasteiger partial charge in [0.2, 0.25) is 17.7 Å². The number of rotatable bonds is 4. The molecule has 0 unspecified atom stereocenters. The normalized spacial score (nSPS) is 20.1. The highest BCUT2D eigenvalue weighted by molar-refractivity contribution is 5.78. The predicted octanol–water partition coefficient (Wildman–Crippen LogP) is 0.838. The summed E-state index contributed by atoms with van der Waals surface area (Å²) in [5.41, 5.74) is 0. The van der Waals surface area contributed by atoms with Crippen LogP contribution < -0.4 is 5.32 Å². The molecular weight excluding hydrogens is 312 g/mol. The Balaban J connectivity index is 1.47. The molecular formula is C16H24N4O4. The Morgan fingerprint density at radius 2 is 1.92 bits per heavy atom. The van der Waals surface area contributed by atoms with Gasteiger partial charge in [-0.3, -0.25) is 9.59 Å². The van der Waals surface area contributed by atoms with Crippen LogP contribution in [0, 0.1) is 5.92 Å². The Hall–Kier alpha value is -1.96. The third-order valence-corrected chi connectivity index (χ3v) is 4.80. The van der Waals surface area contributed by atoms with Crippen molar-refractivity contribution in [1.29, 1.82) is 0 Å². The summed E-state index contributed by atoms with van der Waals surface area (Å²) in [6, 6.07) is 0. The lowest BCUT2D eigenvalue weighted by Gasteiger charge is -2.29. The number of nitrogens with one attached hydrogen (secondary N) is 1. The third kappa shape index (κ3) is 4.11. The maximum absolute atomic E-state index is 12.1. The minimum absolute atomic E-state index is 0.0112. The first-order chi connectivity index (χ1) is 11.6. The van der Waals surface area contributed by atoms with Crippen molar-refractivity contribution >= 4 is 11.8 Å². The number of likely N-dealkylation sites (tertiary alicyclic amines) is 1. The Bertz CT molecular complexity index is 574. The minimum Gasteiger partial charge on any atom is -0.381 e. The number of carbonyl (C=O) groups is 2. The number of amides is 2. The quantitative estimate of drug-likeness (QED) is 0.875. The van der Waals surface area contributed by atoms with E-state index in [0.29, 0.717) is 24.9 Å². The van der Waals surface area contributed by atoms with Gasteiger partial charge < -0.3 is 19.5 Å². The van der Waals surface area contributed by atoms with Gasteiger partial charge in [-0.15, -0.1) is 0 Å². The predicted molar refractivity (Wildman–Crippen MR) is 83.9 cm³/mol. The average Bonchev–Trinajstić information content (AvgIpc) is 3.09.